The molecular formula is C12H22N2O5. The average Bonchev–Trinajstić information content (AvgIpc) is 2.21. The summed E-state index contributed by atoms with van der Waals surface area (Å²) in [5.41, 5.74) is -0.693. The highest BCUT2D eigenvalue weighted by Crippen LogP contribution is 2.24. The van der Waals surface area contributed by atoms with Gasteiger partial charge >= 0.3 is 12.0 Å². The second-order valence-electron chi connectivity index (χ2n) is 4.91. The van der Waals surface area contributed by atoms with Crippen LogP contribution in [-0.2, 0) is 14.3 Å². The highest BCUT2D eigenvalue weighted by atomic mass is 16.5. The molecule has 0 heterocycles. The molecule has 0 aliphatic heterocycles. The molecule has 0 aromatic carbocycles. The Morgan fingerprint density at radius 1 is 1.21 bits per heavy atom. The van der Waals surface area contributed by atoms with E-state index in [9.17, 15) is 14.4 Å². The lowest BCUT2D eigenvalue weighted by Crippen LogP contribution is -2.42. The number of hydrogen-bond acceptors (Lipinski definition) is 4. The lowest BCUT2D eigenvalue weighted by molar-refractivity contribution is -0.139. The molecule has 0 aromatic heterocycles. The number of urea groups is 1. The van der Waals surface area contributed by atoms with E-state index < -0.39 is 23.3 Å². The Kier molecular flexibility index (Phi) is 7.74. The molecule has 0 fully saturated rings. The van der Waals surface area contributed by atoms with Crippen LogP contribution >= 0.6 is 0 Å². The van der Waals surface area contributed by atoms with E-state index in [-0.39, 0.29) is 12.8 Å². The van der Waals surface area contributed by atoms with Crippen LogP contribution in [0.15, 0.2) is 0 Å². The quantitative estimate of drug-likeness (QED) is 0.566. The molecule has 0 aromatic rings. The lowest BCUT2D eigenvalue weighted by atomic mass is 9.85. The number of rotatable bonds is 8. The molecule has 0 atom stereocenters. The van der Waals surface area contributed by atoms with E-state index in [4.69, 9.17) is 9.84 Å². The molecule has 0 spiro atoms. The first-order valence-corrected chi connectivity index (χ1v) is 6.14. The Bertz CT molecular complexity index is 328. The van der Waals surface area contributed by atoms with Crippen LogP contribution < -0.4 is 10.6 Å². The first-order chi connectivity index (χ1) is 8.76. The van der Waals surface area contributed by atoms with Gasteiger partial charge in [-0.3, -0.25) is 14.9 Å². The third-order valence-electron chi connectivity index (χ3n) is 2.26. The molecule has 0 rings (SSSR count). The molecule has 0 unspecified atom stereocenters. The van der Waals surface area contributed by atoms with Gasteiger partial charge in [0.25, 0.3) is 0 Å². The number of hydrogen-bond donors (Lipinski definition) is 3. The van der Waals surface area contributed by atoms with Crippen molar-refractivity contribution in [2.45, 2.75) is 33.6 Å². The molecule has 0 saturated heterocycles. The molecule has 7 heteroatoms. The summed E-state index contributed by atoms with van der Waals surface area (Å²) in [5, 5.41) is 13.3. The van der Waals surface area contributed by atoms with Crippen molar-refractivity contribution in [2.75, 3.05) is 19.8 Å². The monoisotopic (exact) mass is 274 g/mol. The van der Waals surface area contributed by atoms with Crippen LogP contribution in [0.25, 0.3) is 0 Å². The van der Waals surface area contributed by atoms with E-state index in [2.05, 4.69) is 10.6 Å². The van der Waals surface area contributed by atoms with Gasteiger partial charge in [-0.2, -0.15) is 0 Å². The predicted molar refractivity (Wildman–Crippen MR) is 68.7 cm³/mol. The van der Waals surface area contributed by atoms with Crippen LogP contribution in [0.3, 0.4) is 0 Å². The van der Waals surface area contributed by atoms with Crippen LogP contribution in [0, 0.1) is 5.41 Å². The maximum absolute atomic E-state index is 11.5. The topological polar surface area (TPSA) is 105 Å². The number of amides is 3. The van der Waals surface area contributed by atoms with Crippen molar-refractivity contribution in [3.8, 4) is 0 Å². The second-order valence-corrected chi connectivity index (χ2v) is 4.91. The summed E-state index contributed by atoms with van der Waals surface area (Å²) < 4.78 is 5.02. The van der Waals surface area contributed by atoms with Crippen molar-refractivity contribution in [3.63, 3.8) is 0 Å². The zero-order valence-corrected chi connectivity index (χ0v) is 11.6. The first-order valence-electron chi connectivity index (χ1n) is 6.14. The molecule has 0 saturated carbocycles. The van der Waals surface area contributed by atoms with Crippen LogP contribution in [0.2, 0.25) is 0 Å². The fraction of sp³-hybridized carbons (Fsp3) is 0.750. The number of carboxylic acid groups (broad SMARTS) is 1. The molecule has 110 valence electrons. The second kappa shape index (κ2) is 8.47. The van der Waals surface area contributed by atoms with E-state index >= 15 is 0 Å². The zero-order chi connectivity index (χ0) is 14.9. The SMILES string of the molecule is CCOCCNC(=O)NC(=O)CC(C)(C)CC(=O)O. The minimum absolute atomic E-state index is 0.0296. The number of imide groups is 1. The highest BCUT2D eigenvalue weighted by molar-refractivity contribution is 5.94. The molecule has 0 aliphatic carbocycles. The van der Waals surface area contributed by atoms with Gasteiger partial charge in [0.2, 0.25) is 5.91 Å². The Labute approximate surface area is 112 Å². The Balaban J connectivity index is 3.96. The number of carboxylic acids is 1. The van der Waals surface area contributed by atoms with Crippen molar-refractivity contribution in [1.82, 2.24) is 10.6 Å². The van der Waals surface area contributed by atoms with Gasteiger partial charge in [0.15, 0.2) is 0 Å². The van der Waals surface area contributed by atoms with Gasteiger partial charge in [0.1, 0.15) is 0 Å². The smallest absolute Gasteiger partial charge is 0.321 e. The fourth-order valence-electron chi connectivity index (χ4n) is 1.50. The van der Waals surface area contributed by atoms with Gasteiger partial charge in [-0.25, -0.2) is 4.79 Å². The summed E-state index contributed by atoms with van der Waals surface area (Å²) in [7, 11) is 0. The van der Waals surface area contributed by atoms with Crippen molar-refractivity contribution in [3.05, 3.63) is 0 Å². The lowest BCUT2D eigenvalue weighted by Gasteiger charge is -2.21. The Morgan fingerprint density at radius 3 is 2.37 bits per heavy atom. The van der Waals surface area contributed by atoms with E-state index in [1.165, 1.54) is 0 Å². The largest absolute Gasteiger partial charge is 0.481 e. The zero-order valence-electron chi connectivity index (χ0n) is 11.6. The fourth-order valence-corrected chi connectivity index (χ4v) is 1.50. The molecule has 19 heavy (non-hydrogen) atoms. The van der Waals surface area contributed by atoms with Crippen LogP contribution in [0.1, 0.15) is 33.6 Å². The maximum atomic E-state index is 11.5. The van der Waals surface area contributed by atoms with E-state index in [0.717, 1.165) is 0 Å². The molecule has 3 amide bonds. The van der Waals surface area contributed by atoms with Crippen molar-refractivity contribution in [2.24, 2.45) is 5.41 Å². The van der Waals surface area contributed by atoms with Crippen molar-refractivity contribution >= 4 is 17.9 Å². The van der Waals surface area contributed by atoms with Gasteiger partial charge < -0.3 is 15.2 Å². The molecule has 0 bridgehead atoms. The number of carbonyl (C=O) groups excluding carboxylic acids is 2. The Morgan fingerprint density at radius 2 is 1.84 bits per heavy atom. The van der Waals surface area contributed by atoms with E-state index in [1.54, 1.807) is 13.8 Å². The molecular weight excluding hydrogens is 252 g/mol. The number of aliphatic carboxylic acids is 1. The molecule has 0 radical (unpaired) electrons. The summed E-state index contributed by atoms with van der Waals surface area (Å²) in [6.45, 7) is 6.41. The molecule has 0 aliphatic rings. The van der Waals surface area contributed by atoms with E-state index in [0.29, 0.717) is 19.8 Å². The summed E-state index contributed by atoms with van der Waals surface area (Å²) in [6.07, 6.45) is -0.162. The normalized spacial score (nSPS) is 10.9. The minimum Gasteiger partial charge on any atom is -0.481 e. The van der Waals surface area contributed by atoms with Gasteiger partial charge in [0.05, 0.1) is 13.0 Å². The average molecular weight is 274 g/mol. The van der Waals surface area contributed by atoms with Gasteiger partial charge in [0, 0.05) is 19.6 Å². The Hall–Kier alpha value is -1.63. The van der Waals surface area contributed by atoms with Gasteiger partial charge in [-0.05, 0) is 12.3 Å². The van der Waals surface area contributed by atoms with Crippen molar-refractivity contribution in [1.29, 1.82) is 0 Å². The number of carbonyl (C=O) groups is 3. The number of nitrogens with one attached hydrogen (secondary N) is 2. The number of ether oxygens (including phenoxy) is 1. The first kappa shape index (κ1) is 17.4. The summed E-state index contributed by atoms with van der Waals surface area (Å²) >= 11 is 0. The van der Waals surface area contributed by atoms with Crippen LogP contribution in [-0.4, -0.2) is 42.8 Å². The maximum Gasteiger partial charge on any atom is 0.321 e. The predicted octanol–water partition coefficient (Wildman–Crippen LogP) is 0.740. The van der Waals surface area contributed by atoms with Crippen molar-refractivity contribution < 1.29 is 24.2 Å². The third-order valence-corrected chi connectivity index (χ3v) is 2.26. The molecule has 3 N–H and O–H groups in total. The van der Waals surface area contributed by atoms with E-state index in [1.807, 2.05) is 6.92 Å². The summed E-state index contributed by atoms with van der Waals surface area (Å²) in [5.74, 6) is -1.47. The molecule has 7 nitrogen and oxygen atoms in total. The highest BCUT2D eigenvalue weighted by Gasteiger charge is 2.25. The van der Waals surface area contributed by atoms with Crippen LogP contribution in [0.4, 0.5) is 4.79 Å². The van der Waals surface area contributed by atoms with Gasteiger partial charge in [-0.1, -0.05) is 13.8 Å². The third kappa shape index (κ3) is 10.0. The standard InChI is InChI=1S/C12H22N2O5/c1-4-19-6-5-13-11(18)14-9(15)7-12(2,3)8-10(16)17/h4-8H2,1-3H3,(H,16,17)(H2,13,14,15,18). The van der Waals surface area contributed by atoms with Gasteiger partial charge in [-0.15, -0.1) is 0 Å². The summed E-state index contributed by atoms with van der Waals surface area (Å²) in [4.78, 5) is 33.4. The summed E-state index contributed by atoms with van der Waals surface area (Å²) in [6, 6.07) is -0.601. The minimum atomic E-state index is -0.973. The van der Waals surface area contributed by atoms with Crippen LogP contribution in [0.5, 0.6) is 0 Å².